The van der Waals surface area contributed by atoms with Gasteiger partial charge in [-0.2, -0.15) is 0 Å². The van der Waals surface area contributed by atoms with Gasteiger partial charge in [0, 0.05) is 35.8 Å². The van der Waals surface area contributed by atoms with Crippen LogP contribution in [0.25, 0.3) is 0 Å². The number of hydrogen-bond acceptors (Lipinski definition) is 5. The number of aromatic nitrogens is 2. The van der Waals surface area contributed by atoms with Gasteiger partial charge in [-0.25, -0.2) is 9.97 Å². The monoisotopic (exact) mass is 341 g/mol. The summed E-state index contributed by atoms with van der Waals surface area (Å²) in [4.78, 5) is 10.3. The Balaban J connectivity index is 1.97. The van der Waals surface area contributed by atoms with E-state index in [2.05, 4.69) is 9.97 Å². The Kier molecular flexibility index (Phi) is 6.24. The van der Waals surface area contributed by atoms with E-state index in [1.54, 1.807) is 30.6 Å². The van der Waals surface area contributed by atoms with E-state index in [0.717, 1.165) is 5.56 Å². The summed E-state index contributed by atoms with van der Waals surface area (Å²) in [6, 6.07) is 5.32. The molecule has 0 fully saturated rings. The Labute approximate surface area is 139 Å². The van der Waals surface area contributed by atoms with Crippen molar-refractivity contribution in [1.82, 2.24) is 9.97 Å². The third kappa shape index (κ3) is 4.47. The predicted octanol–water partition coefficient (Wildman–Crippen LogP) is 3.18. The quantitative estimate of drug-likeness (QED) is 0.838. The van der Waals surface area contributed by atoms with Gasteiger partial charge in [-0.1, -0.05) is 29.3 Å². The molecular weight excluding hydrogens is 325 g/mol. The summed E-state index contributed by atoms with van der Waals surface area (Å²) < 4.78 is 5.62. The van der Waals surface area contributed by atoms with Crippen molar-refractivity contribution < 1.29 is 9.84 Å². The molecule has 0 bridgehead atoms. The molecule has 7 heteroatoms. The van der Waals surface area contributed by atoms with E-state index in [4.69, 9.17) is 33.0 Å². The van der Waals surface area contributed by atoms with Crippen molar-refractivity contribution in [1.29, 1.82) is 0 Å². The Hall–Kier alpha value is -1.56. The molecule has 2 aromatic rings. The Morgan fingerprint density at radius 1 is 1.18 bits per heavy atom. The van der Waals surface area contributed by atoms with Gasteiger partial charge in [0.05, 0.1) is 12.4 Å². The van der Waals surface area contributed by atoms with Gasteiger partial charge in [0.15, 0.2) is 5.75 Å². The lowest BCUT2D eigenvalue weighted by atomic mass is 10.2. The number of aliphatic hydroxyl groups excluding tert-OH is 1. The van der Waals surface area contributed by atoms with Crippen molar-refractivity contribution in [3.05, 3.63) is 46.2 Å². The van der Waals surface area contributed by atoms with E-state index in [0.29, 0.717) is 34.7 Å². The zero-order valence-electron chi connectivity index (χ0n) is 12.2. The van der Waals surface area contributed by atoms with Crippen LogP contribution in [-0.2, 0) is 6.61 Å². The summed E-state index contributed by atoms with van der Waals surface area (Å²) in [5, 5.41) is 9.95. The lowest BCUT2D eigenvalue weighted by molar-refractivity contribution is 0.290. The van der Waals surface area contributed by atoms with Crippen LogP contribution in [0.5, 0.6) is 5.75 Å². The first-order valence-corrected chi connectivity index (χ1v) is 7.57. The summed E-state index contributed by atoms with van der Waals surface area (Å²) in [5.41, 5.74) is 0.731. The van der Waals surface area contributed by atoms with Gasteiger partial charge in [-0.05, 0) is 18.6 Å². The molecule has 0 unspecified atom stereocenters. The number of aliphatic hydroxyl groups is 1. The average Bonchev–Trinajstić information content (AvgIpc) is 2.52. The van der Waals surface area contributed by atoms with Crippen LogP contribution in [0.2, 0.25) is 10.0 Å². The summed E-state index contributed by atoms with van der Waals surface area (Å²) >= 11 is 12.2. The molecule has 1 aromatic heterocycles. The molecule has 118 valence electrons. The summed E-state index contributed by atoms with van der Waals surface area (Å²) in [5.74, 6) is 1.12. The maximum absolute atomic E-state index is 8.82. The SMILES string of the molecule is CN(CCCO)c1ncc(OCc2c(Cl)cccc2Cl)cn1. The van der Waals surface area contributed by atoms with E-state index in [1.165, 1.54) is 0 Å². The van der Waals surface area contributed by atoms with Crippen LogP contribution in [0.3, 0.4) is 0 Å². The highest BCUT2D eigenvalue weighted by Crippen LogP contribution is 2.25. The second-order valence-electron chi connectivity index (χ2n) is 4.71. The maximum atomic E-state index is 8.82. The lowest BCUT2D eigenvalue weighted by Gasteiger charge is -2.16. The van der Waals surface area contributed by atoms with Gasteiger partial charge >= 0.3 is 0 Å². The fraction of sp³-hybridized carbons (Fsp3) is 0.333. The van der Waals surface area contributed by atoms with Gasteiger partial charge in [0.1, 0.15) is 6.61 Å². The van der Waals surface area contributed by atoms with E-state index in [1.807, 2.05) is 11.9 Å². The summed E-state index contributed by atoms with van der Waals surface area (Å²) in [6.07, 6.45) is 3.87. The highest BCUT2D eigenvalue weighted by atomic mass is 35.5. The van der Waals surface area contributed by atoms with Crippen LogP contribution >= 0.6 is 23.2 Å². The normalized spacial score (nSPS) is 10.5. The van der Waals surface area contributed by atoms with E-state index in [9.17, 15) is 0 Å². The summed E-state index contributed by atoms with van der Waals surface area (Å²) in [6.45, 7) is 1.08. The largest absolute Gasteiger partial charge is 0.486 e. The highest BCUT2D eigenvalue weighted by molar-refractivity contribution is 6.35. The van der Waals surface area contributed by atoms with Crippen molar-refractivity contribution in [3.63, 3.8) is 0 Å². The molecule has 0 atom stereocenters. The van der Waals surface area contributed by atoms with Crippen molar-refractivity contribution in [3.8, 4) is 5.75 Å². The first kappa shape index (κ1) is 16.8. The molecule has 0 aliphatic rings. The van der Waals surface area contributed by atoms with Gasteiger partial charge in [-0.3, -0.25) is 0 Å². The summed E-state index contributed by atoms with van der Waals surface area (Å²) in [7, 11) is 1.87. The number of rotatable bonds is 7. The minimum absolute atomic E-state index is 0.143. The Morgan fingerprint density at radius 2 is 1.82 bits per heavy atom. The van der Waals surface area contributed by atoms with Crippen LogP contribution in [0.15, 0.2) is 30.6 Å². The van der Waals surface area contributed by atoms with E-state index < -0.39 is 0 Å². The molecular formula is C15H17Cl2N3O2. The average molecular weight is 342 g/mol. The zero-order chi connectivity index (χ0) is 15.9. The van der Waals surface area contributed by atoms with Crippen molar-refractivity contribution >= 4 is 29.2 Å². The van der Waals surface area contributed by atoms with Crippen LogP contribution in [0.1, 0.15) is 12.0 Å². The van der Waals surface area contributed by atoms with E-state index >= 15 is 0 Å². The molecule has 0 spiro atoms. The first-order chi connectivity index (χ1) is 10.6. The third-order valence-electron chi connectivity index (χ3n) is 3.05. The van der Waals surface area contributed by atoms with Crippen LogP contribution in [0.4, 0.5) is 5.95 Å². The van der Waals surface area contributed by atoms with Crippen molar-refractivity contribution in [2.45, 2.75) is 13.0 Å². The number of halogens is 2. The fourth-order valence-electron chi connectivity index (χ4n) is 1.81. The van der Waals surface area contributed by atoms with Crippen molar-refractivity contribution in [2.75, 3.05) is 25.1 Å². The molecule has 0 aliphatic carbocycles. The second kappa shape index (κ2) is 8.17. The minimum atomic E-state index is 0.143. The number of hydrogen-bond donors (Lipinski definition) is 1. The van der Waals surface area contributed by atoms with Gasteiger partial charge < -0.3 is 14.7 Å². The minimum Gasteiger partial charge on any atom is -0.486 e. The second-order valence-corrected chi connectivity index (χ2v) is 5.52. The zero-order valence-corrected chi connectivity index (χ0v) is 13.7. The molecule has 5 nitrogen and oxygen atoms in total. The van der Waals surface area contributed by atoms with Gasteiger partial charge in [-0.15, -0.1) is 0 Å². The molecule has 22 heavy (non-hydrogen) atoms. The first-order valence-electron chi connectivity index (χ1n) is 6.81. The fourth-order valence-corrected chi connectivity index (χ4v) is 2.32. The smallest absolute Gasteiger partial charge is 0.225 e. The lowest BCUT2D eigenvalue weighted by Crippen LogP contribution is -2.21. The number of nitrogens with zero attached hydrogens (tertiary/aromatic N) is 3. The standard InChI is InChI=1S/C15H17Cl2N3O2/c1-20(6-3-7-21)15-18-8-11(9-19-15)22-10-12-13(16)4-2-5-14(12)17/h2,4-5,8-9,21H,3,6-7,10H2,1H3. The molecule has 1 heterocycles. The molecule has 2 rings (SSSR count). The number of benzene rings is 1. The number of ether oxygens (including phenoxy) is 1. The molecule has 0 saturated heterocycles. The third-order valence-corrected chi connectivity index (χ3v) is 3.76. The van der Waals surface area contributed by atoms with Crippen molar-refractivity contribution in [2.24, 2.45) is 0 Å². The Bertz CT molecular complexity index is 588. The molecule has 0 radical (unpaired) electrons. The molecule has 1 N–H and O–H groups in total. The highest BCUT2D eigenvalue weighted by Gasteiger charge is 2.08. The van der Waals surface area contributed by atoms with Crippen LogP contribution < -0.4 is 9.64 Å². The molecule has 0 saturated carbocycles. The van der Waals surface area contributed by atoms with Gasteiger partial charge in [0.25, 0.3) is 0 Å². The molecule has 1 aromatic carbocycles. The Morgan fingerprint density at radius 3 is 2.41 bits per heavy atom. The molecule has 0 amide bonds. The van der Waals surface area contributed by atoms with E-state index in [-0.39, 0.29) is 13.2 Å². The maximum Gasteiger partial charge on any atom is 0.225 e. The molecule has 0 aliphatic heterocycles. The predicted molar refractivity (Wildman–Crippen MR) is 87.8 cm³/mol. The van der Waals surface area contributed by atoms with Crippen LogP contribution in [-0.4, -0.2) is 35.3 Å². The topological polar surface area (TPSA) is 58.5 Å². The van der Waals surface area contributed by atoms with Gasteiger partial charge in [0.2, 0.25) is 5.95 Å². The number of anilines is 1. The van der Waals surface area contributed by atoms with Crippen LogP contribution in [0, 0.1) is 0 Å².